The molecule has 0 spiro atoms. The number of furan rings is 1. The minimum absolute atomic E-state index is 0.0285. The molecule has 1 amide bonds. The Bertz CT molecular complexity index is 1180. The molecule has 0 aliphatic heterocycles. The number of thioether (sulfide) groups is 1. The van der Waals surface area contributed by atoms with Crippen molar-refractivity contribution in [1.82, 2.24) is 14.8 Å². The molecular formula is C21H20N6O2S. The van der Waals surface area contributed by atoms with Gasteiger partial charge >= 0.3 is 0 Å². The lowest BCUT2D eigenvalue weighted by Gasteiger charge is -2.12. The summed E-state index contributed by atoms with van der Waals surface area (Å²) in [6.07, 6.45) is 1.58. The highest BCUT2D eigenvalue weighted by Crippen LogP contribution is 2.28. The van der Waals surface area contributed by atoms with Crippen LogP contribution in [0.1, 0.15) is 39.4 Å². The van der Waals surface area contributed by atoms with Gasteiger partial charge in [0.2, 0.25) is 5.91 Å². The Balaban J connectivity index is 1.82. The van der Waals surface area contributed by atoms with Crippen molar-refractivity contribution in [2.75, 3.05) is 11.1 Å². The first kappa shape index (κ1) is 21.2. The average Bonchev–Trinajstić information content (AvgIpc) is 3.32. The molecule has 0 aliphatic carbocycles. The van der Waals surface area contributed by atoms with Gasteiger partial charge in [0.15, 0.2) is 0 Å². The van der Waals surface area contributed by atoms with Gasteiger partial charge < -0.3 is 14.3 Å². The monoisotopic (exact) mass is 420 g/mol. The number of amides is 1. The minimum atomic E-state index is -0.307. The molecule has 0 aliphatic rings. The first-order valence-electron chi connectivity index (χ1n) is 9.16. The first-order valence-corrected chi connectivity index (χ1v) is 10.1. The zero-order valence-corrected chi connectivity index (χ0v) is 17.9. The van der Waals surface area contributed by atoms with Crippen molar-refractivity contribution in [3.63, 3.8) is 0 Å². The second-order valence-corrected chi connectivity index (χ2v) is 7.71. The van der Waals surface area contributed by atoms with Crippen LogP contribution in [0.3, 0.4) is 0 Å². The maximum atomic E-state index is 12.7. The van der Waals surface area contributed by atoms with Crippen molar-refractivity contribution in [1.29, 1.82) is 10.5 Å². The predicted octanol–water partition coefficient (Wildman–Crippen LogP) is 3.63. The molecule has 0 saturated carbocycles. The Morgan fingerprint density at radius 2 is 1.90 bits per heavy atom. The summed E-state index contributed by atoms with van der Waals surface area (Å²) < 4.78 is 7.27. The summed E-state index contributed by atoms with van der Waals surface area (Å²) in [5.41, 5.74) is 3.95. The fraction of sp³-hybridized carbons (Fsp3) is 0.286. The lowest BCUT2D eigenvalue weighted by atomic mass is 10.1. The maximum absolute atomic E-state index is 12.7. The zero-order chi connectivity index (χ0) is 21.8. The molecule has 30 heavy (non-hydrogen) atoms. The highest BCUT2D eigenvalue weighted by molar-refractivity contribution is 8.00. The molecule has 152 valence electrons. The molecular weight excluding hydrogens is 400 g/mol. The number of carbonyl (C=O) groups is 1. The van der Waals surface area contributed by atoms with Crippen LogP contribution in [-0.2, 0) is 11.3 Å². The summed E-state index contributed by atoms with van der Waals surface area (Å²) in [5, 5.41) is 30.4. The molecule has 3 heterocycles. The Morgan fingerprint density at radius 3 is 2.53 bits per heavy atom. The van der Waals surface area contributed by atoms with Crippen molar-refractivity contribution < 1.29 is 9.21 Å². The van der Waals surface area contributed by atoms with Crippen LogP contribution in [0, 0.1) is 50.4 Å². The Kier molecular flexibility index (Phi) is 6.24. The van der Waals surface area contributed by atoms with Crippen LogP contribution >= 0.6 is 11.8 Å². The molecule has 9 heteroatoms. The summed E-state index contributed by atoms with van der Waals surface area (Å²) >= 11 is 1.14. The van der Waals surface area contributed by atoms with E-state index in [1.807, 2.05) is 24.5 Å². The van der Waals surface area contributed by atoms with Crippen molar-refractivity contribution in [3.05, 3.63) is 57.8 Å². The summed E-state index contributed by atoms with van der Waals surface area (Å²) in [5.74, 6) is 0.868. The van der Waals surface area contributed by atoms with Crippen molar-refractivity contribution in [3.8, 4) is 12.1 Å². The molecule has 0 aromatic carbocycles. The average molecular weight is 420 g/mol. The van der Waals surface area contributed by atoms with Gasteiger partial charge in [-0.05, 0) is 51.0 Å². The Morgan fingerprint density at radius 1 is 1.17 bits per heavy atom. The van der Waals surface area contributed by atoms with Gasteiger partial charge in [0.25, 0.3) is 0 Å². The van der Waals surface area contributed by atoms with Crippen molar-refractivity contribution in [2.45, 2.75) is 39.3 Å². The fourth-order valence-electron chi connectivity index (χ4n) is 3.01. The van der Waals surface area contributed by atoms with E-state index in [9.17, 15) is 15.3 Å². The standard InChI is InChI=1S/C21H20N6O2S/c1-12-14(3)25-26-21(18(12)9-23)30-11-19(28)24-20-17(8-22)13(2)15(4)27(20)10-16-6-5-7-29-16/h5-7H,10-11H2,1-4H3,(H,24,28). The van der Waals surface area contributed by atoms with Crippen LogP contribution in [0.4, 0.5) is 5.82 Å². The van der Waals surface area contributed by atoms with Crippen LogP contribution < -0.4 is 5.32 Å². The Labute approximate surface area is 178 Å². The zero-order valence-electron chi connectivity index (χ0n) is 17.1. The second kappa shape index (κ2) is 8.85. The number of aromatic nitrogens is 3. The SMILES string of the molecule is Cc1nnc(SCC(=O)Nc2c(C#N)c(C)c(C)n2Cc2ccco2)c(C#N)c1C. The maximum Gasteiger partial charge on any atom is 0.235 e. The lowest BCUT2D eigenvalue weighted by molar-refractivity contribution is -0.113. The number of aryl methyl sites for hydroxylation is 1. The lowest BCUT2D eigenvalue weighted by Crippen LogP contribution is -2.18. The van der Waals surface area contributed by atoms with Crippen LogP contribution in [0.5, 0.6) is 0 Å². The highest BCUT2D eigenvalue weighted by Gasteiger charge is 2.21. The van der Waals surface area contributed by atoms with E-state index in [2.05, 4.69) is 27.7 Å². The van der Waals surface area contributed by atoms with Crippen LogP contribution in [0.2, 0.25) is 0 Å². The van der Waals surface area contributed by atoms with Crippen molar-refractivity contribution in [2.24, 2.45) is 0 Å². The number of carbonyl (C=O) groups excluding carboxylic acids is 1. The highest BCUT2D eigenvalue weighted by atomic mass is 32.2. The first-order chi connectivity index (χ1) is 14.4. The number of hydrogen-bond donors (Lipinski definition) is 1. The second-order valence-electron chi connectivity index (χ2n) is 6.75. The topological polar surface area (TPSA) is 121 Å². The number of nitrogens with one attached hydrogen (secondary N) is 1. The molecule has 3 aromatic heterocycles. The van der Waals surface area contributed by atoms with Crippen LogP contribution in [-0.4, -0.2) is 26.4 Å². The van der Waals surface area contributed by atoms with Gasteiger partial charge in [-0.25, -0.2) is 0 Å². The summed E-state index contributed by atoms with van der Waals surface area (Å²) in [6.45, 7) is 7.73. The fourth-order valence-corrected chi connectivity index (χ4v) is 3.79. The number of anilines is 1. The van der Waals surface area contributed by atoms with Gasteiger partial charge in [-0.3, -0.25) is 4.79 Å². The van der Waals surface area contributed by atoms with Gasteiger partial charge in [-0.1, -0.05) is 11.8 Å². The van der Waals surface area contributed by atoms with Gasteiger partial charge in [0.1, 0.15) is 28.7 Å². The third-order valence-electron chi connectivity index (χ3n) is 4.97. The number of nitrogens with zero attached hydrogens (tertiary/aromatic N) is 5. The minimum Gasteiger partial charge on any atom is -0.467 e. The van der Waals surface area contributed by atoms with E-state index in [1.165, 1.54) is 0 Å². The van der Waals surface area contributed by atoms with E-state index in [-0.39, 0.29) is 11.7 Å². The molecule has 3 rings (SSSR count). The van der Waals surface area contributed by atoms with Gasteiger partial charge in [-0.2, -0.15) is 15.6 Å². The smallest absolute Gasteiger partial charge is 0.235 e. The van der Waals surface area contributed by atoms with Gasteiger partial charge in [0.05, 0.1) is 35.4 Å². The van der Waals surface area contributed by atoms with E-state index in [1.54, 1.807) is 26.2 Å². The third-order valence-corrected chi connectivity index (χ3v) is 5.93. The molecule has 0 fully saturated rings. The van der Waals surface area contributed by atoms with E-state index < -0.39 is 0 Å². The van der Waals surface area contributed by atoms with E-state index in [0.29, 0.717) is 40.0 Å². The quantitative estimate of drug-likeness (QED) is 0.604. The van der Waals surface area contributed by atoms with E-state index >= 15 is 0 Å². The summed E-state index contributed by atoms with van der Waals surface area (Å²) in [6, 6.07) is 7.93. The molecule has 0 radical (unpaired) electrons. The molecule has 0 atom stereocenters. The van der Waals surface area contributed by atoms with Crippen LogP contribution in [0.25, 0.3) is 0 Å². The van der Waals surface area contributed by atoms with Gasteiger partial charge in [0, 0.05) is 5.69 Å². The van der Waals surface area contributed by atoms with Crippen LogP contribution in [0.15, 0.2) is 27.8 Å². The van der Waals surface area contributed by atoms with E-state index in [4.69, 9.17) is 4.42 Å². The van der Waals surface area contributed by atoms with Gasteiger partial charge in [-0.15, -0.1) is 5.10 Å². The van der Waals surface area contributed by atoms with Crippen molar-refractivity contribution >= 4 is 23.5 Å². The molecule has 0 bridgehead atoms. The molecule has 8 nitrogen and oxygen atoms in total. The molecule has 1 N–H and O–H groups in total. The molecule has 0 saturated heterocycles. The number of nitriles is 2. The Hall–Kier alpha value is -3.56. The predicted molar refractivity (Wildman–Crippen MR) is 112 cm³/mol. The summed E-state index contributed by atoms with van der Waals surface area (Å²) in [7, 11) is 0. The van der Waals surface area contributed by atoms with E-state index in [0.717, 1.165) is 28.6 Å². The number of hydrogen-bond acceptors (Lipinski definition) is 7. The molecule has 3 aromatic rings. The largest absolute Gasteiger partial charge is 0.467 e. The third kappa shape index (κ3) is 4.07. The number of rotatable bonds is 6. The normalized spacial score (nSPS) is 10.5. The molecule has 0 unspecified atom stereocenters. The summed E-state index contributed by atoms with van der Waals surface area (Å²) in [4.78, 5) is 12.7.